The van der Waals surface area contributed by atoms with Gasteiger partial charge in [-0.25, -0.2) is 4.68 Å². The zero-order valence-corrected chi connectivity index (χ0v) is 15.7. The third-order valence-electron chi connectivity index (χ3n) is 5.53. The second kappa shape index (κ2) is 6.47. The Bertz CT molecular complexity index is 588. The summed E-state index contributed by atoms with van der Waals surface area (Å²) in [6.45, 7) is 13.6. The molecule has 4 atom stereocenters. The topological polar surface area (TPSA) is 64.2 Å². The van der Waals surface area contributed by atoms with Gasteiger partial charge in [-0.05, 0) is 19.8 Å². The molecule has 0 aliphatic carbocycles. The van der Waals surface area contributed by atoms with Gasteiger partial charge in [-0.15, -0.1) is 5.10 Å². The SMILES string of the molecule is CC(C)NC(=O)[C@H]1C[NH+]2CC[C@H]1C[C@@H]2Cn1cc(C(C)(C)C)nn1. The molecular weight excluding hydrogens is 302 g/mol. The predicted molar refractivity (Wildman–Crippen MR) is 92.7 cm³/mol. The van der Waals surface area contributed by atoms with Crippen molar-refractivity contribution in [3.05, 3.63) is 11.9 Å². The van der Waals surface area contributed by atoms with E-state index in [0.29, 0.717) is 12.0 Å². The lowest BCUT2D eigenvalue weighted by atomic mass is 9.75. The minimum Gasteiger partial charge on any atom is -0.353 e. The summed E-state index contributed by atoms with van der Waals surface area (Å²) in [5, 5.41) is 11.8. The second-order valence-corrected chi connectivity index (χ2v) is 8.94. The molecule has 0 aromatic carbocycles. The highest BCUT2D eigenvalue weighted by Gasteiger charge is 2.46. The lowest BCUT2D eigenvalue weighted by Crippen LogP contribution is -3.20. The highest BCUT2D eigenvalue weighted by Crippen LogP contribution is 2.28. The van der Waals surface area contributed by atoms with Gasteiger partial charge in [0.05, 0.1) is 31.2 Å². The van der Waals surface area contributed by atoms with Crippen molar-refractivity contribution in [3.63, 3.8) is 0 Å². The molecule has 6 heteroatoms. The van der Waals surface area contributed by atoms with Crippen LogP contribution in [0.15, 0.2) is 6.20 Å². The number of amides is 1. The molecule has 0 spiro atoms. The first-order valence-electron chi connectivity index (χ1n) is 9.29. The van der Waals surface area contributed by atoms with Gasteiger partial charge in [0.25, 0.3) is 0 Å². The van der Waals surface area contributed by atoms with E-state index in [2.05, 4.69) is 42.6 Å². The monoisotopic (exact) mass is 334 g/mol. The van der Waals surface area contributed by atoms with E-state index in [1.165, 1.54) is 13.0 Å². The van der Waals surface area contributed by atoms with E-state index in [9.17, 15) is 4.79 Å². The molecule has 3 saturated heterocycles. The summed E-state index contributed by atoms with van der Waals surface area (Å²) < 4.78 is 2.00. The van der Waals surface area contributed by atoms with Crippen molar-refractivity contribution < 1.29 is 9.69 Å². The Morgan fingerprint density at radius 3 is 2.75 bits per heavy atom. The Morgan fingerprint density at radius 1 is 1.46 bits per heavy atom. The first-order valence-corrected chi connectivity index (χ1v) is 9.29. The molecule has 6 nitrogen and oxygen atoms in total. The molecule has 134 valence electrons. The molecule has 4 heterocycles. The van der Waals surface area contributed by atoms with Gasteiger partial charge in [0, 0.05) is 30.5 Å². The number of fused-ring (bicyclic) bond motifs is 3. The Balaban J connectivity index is 1.62. The quantitative estimate of drug-likeness (QED) is 0.837. The van der Waals surface area contributed by atoms with Crippen LogP contribution in [0.4, 0.5) is 0 Å². The lowest BCUT2D eigenvalue weighted by Gasteiger charge is -2.46. The zero-order valence-electron chi connectivity index (χ0n) is 15.7. The van der Waals surface area contributed by atoms with Crippen LogP contribution in [0.2, 0.25) is 0 Å². The molecule has 0 saturated carbocycles. The zero-order chi connectivity index (χ0) is 17.5. The Morgan fingerprint density at radius 2 is 2.21 bits per heavy atom. The molecule has 4 rings (SSSR count). The van der Waals surface area contributed by atoms with Gasteiger partial charge in [0.2, 0.25) is 5.91 Å². The van der Waals surface area contributed by atoms with Crippen LogP contribution >= 0.6 is 0 Å². The smallest absolute Gasteiger partial charge is 0.229 e. The Labute approximate surface area is 145 Å². The van der Waals surface area contributed by atoms with E-state index in [1.807, 2.05) is 18.5 Å². The molecule has 1 amide bonds. The standard InChI is InChI=1S/C18H31N5O/c1-12(2)19-17(24)15-10-22-7-6-13(15)8-14(22)9-23-11-16(20-21-23)18(3,4)5/h11-15H,6-10H2,1-5H3,(H,19,24)/p+1/t13-,14+,15-/m0/s1. The summed E-state index contributed by atoms with van der Waals surface area (Å²) in [4.78, 5) is 14.0. The third kappa shape index (κ3) is 3.63. The normalized spacial score (nSPS) is 29.9. The molecule has 2 N–H and O–H groups in total. The number of carbonyl (C=O) groups is 1. The van der Waals surface area contributed by atoms with Crippen LogP contribution in [0.3, 0.4) is 0 Å². The minimum absolute atomic E-state index is 0.0387. The van der Waals surface area contributed by atoms with E-state index in [-0.39, 0.29) is 23.3 Å². The number of rotatable bonds is 4. The first kappa shape index (κ1) is 17.4. The number of hydrogen-bond donors (Lipinski definition) is 2. The molecular formula is C18H32N5O+. The average Bonchev–Trinajstić information content (AvgIpc) is 2.96. The Hall–Kier alpha value is -1.43. The van der Waals surface area contributed by atoms with E-state index in [4.69, 9.17) is 0 Å². The van der Waals surface area contributed by atoms with Crippen molar-refractivity contribution in [1.82, 2.24) is 20.3 Å². The van der Waals surface area contributed by atoms with Crippen LogP contribution in [0, 0.1) is 11.8 Å². The lowest BCUT2D eigenvalue weighted by molar-refractivity contribution is -0.945. The summed E-state index contributed by atoms with van der Waals surface area (Å²) in [7, 11) is 0. The summed E-state index contributed by atoms with van der Waals surface area (Å²) in [6.07, 6.45) is 4.38. The van der Waals surface area contributed by atoms with Crippen LogP contribution in [0.25, 0.3) is 0 Å². The molecule has 3 fully saturated rings. The second-order valence-electron chi connectivity index (χ2n) is 8.94. The van der Waals surface area contributed by atoms with Crippen molar-refractivity contribution in [2.75, 3.05) is 13.1 Å². The number of hydrogen-bond acceptors (Lipinski definition) is 3. The highest BCUT2D eigenvalue weighted by atomic mass is 16.2. The van der Waals surface area contributed by atoms with Crippen molar-refractivity contribution >= 4 is 5.91 Å². The van der Waals surface area contributed by atoms with Gasteiger partial charge in [-0.1, -0.05) is 26.0 Å². The molecule has 3 aliphatic rings. The van der Waals surface area contributed by atoms with Gasteiger partial charge in [-0.2, -0.15) is 0 Å². The van der Waals surface area contributed by atoms with Gasteiger partial charge < -0.3 is 10.2 Å². The van der Waals surface area contributed by atoms with Crippen LogP contribution in [-0.4, -0.2) is 46.1 Å². The molecule has 1 unspecified atom stereocenters. The summed E-state index contributed by atoms with van der Waals surface area (Å²) in [5.74, 6) is 0.964. The third-order valence-corrected chi connectivity index (χ3v) is 5.53. The van der Waals surface area contributed by atoms with Gasteiger partial charge >= 0.3 is 0 Å². The summed E-state index contributed by atoms with van der Waals surface area (Å²) in [6, 6.07) is 0.783. The number of carbonyl (C=O) groups excluding carboxylic acids is 1. The molecule has 1 aromatic heterocycles. The maximum Gasteiger partial charge on any atom is 0.229 e. The van der Waals surface area contributed by atoms with Crippen LogP contribution in [-0.2, 0) is 16.8 Å². The molecule has 2 bridgehead atoms. The van der Waals surface area contributed by atoms with Gasteiger partial charge in [-0.3, -0.25) is 4.79 Å². The molecule has 0 radical (unpaired) electrons. The van der Waals surface area contributed by atoms with Crippen molar-refractivity contribution in [3.8, 4) is 0 Å². The number of aromatic nitrogens is 3. The van der Waals surface area contributed by atoms with E-state index >= 15 is 0 Å². The first-order chi connectivity index (χ1) is 11.2. The van der Waals surface area contributed by atoms with E-state index < -0.39 is 0 Å². The fraction of sp³-hybridized carbons (Fsp3) is 0.833. The highest BCUT2D eigenvalue weighted by molar-refractivity contribution is 5.79. The number of quaternary nitrogens is 1. The van der Waals surface area contributed by atoms with Gasteiger partial charge in [0.15, 0.2) is 0 Å². The fourth-order valence-corrected chi connectivity index (χ4v) is 4.17. The average molecular weight is 334 g/mol. The Kier molecular flexibility index (Phi) is 4.69. The van der Waals surface area contributed by atoms with Crippen molar-refractivity contribution in [2.24, 2.45) is 11.8 Å². The summed E-state index contributed by atoms with van der Waals surface area (Å²) >= 11 is 0. The van der Waals surface area contributed by atoms with Crippen molar-refractivity contribution in [1.29, 1.82) is 0 Å². The number of nitrogens with one attached hydrogen (secondary N) is 2. The predicted octanol–water partition coefficient (Wildman–Crippen LogP) is 0.394. The largest absolute Gasteiger partial charge is 0.353 e. The number of piperidine rings is 3. The van der Waals surface area contributed by atoms with Crippen LogP contribution in [0.5, 0.6) is 0 Å². The number of nitrogens with zero attached hydrogens (tertiary/aromatic N) is 3. The van der Waals surface area contributed by atoms with Crippen LogP contribution in [0.1, 0.15) is 53.2 Å². The molecule has 1 aromatic rings. The molecule has 3 aliphatic heterocycles. The van der Waals surface area contributed by atoms with Gasteiger partial charge in [0.1, 0.15) is 6.04 Å². The maximum atomic E-state index is 12.4. The van der Waals surface area contributed by atoms with E-state index in [0.717, 1.165) is 25.2 Å². The van der Waals surface area contributed by atoms with Crippen molar-refractivity contribution in [2.45, 2.75) is 71.5 Å². The molecule has 24 heavy (non-hydrogen) atoms. The summed E-state index contributed by atoms with van der Waals surface area (Å²) in [5.41, 5.74) is 1.08. The fourth-order valence-electron chi connectivity index (χ4n) is 4.17. The van der Waals surface area contributed by atoms with E-state index in [1.54, 1.807) is 4.90 Å². The minimum atomic E-state index is 0.0387. The van der Waals surface area contributed by atoms with Crippen LogP contribution < -0.4 is 10.2 Å². The maximum absolute atomic E-state index is 12.4.